The Bertz CT molecular complexity index is 1400. The number of aromatic amines is 2. The van der Waals surface area contributed by atoms with E-state index in [1.165, 1.54) is 43.0 Å². The van der Waals surface area contributed by atoms with Gasteiger partial charge in [0.15, 0.2) is 0 Å². The maximum Gasteiger partial charge on any atom is 0.134 e. The Balaban J connectivity index is 1.58. The molecule has 0 saturated heterocycles. The van der Waals surface area contributed by atoms with Crippen molar-refractivity contribution in [2.45, 2.75) is 45.6 Å². The number of aliphatic imine (C=N–C) groups is 1. The second-order valence-electron chi connectivity index (χ2n) is 9.00. The third-order valence-electron chi connectivity index (χ3n) is 6.24. The minimum Gasteiger partial charge on any atom is -0.354 e. The molecule has 0 amide bonds. The Labute approximate surface area is 192 Å². The number of pyridine rings is 1. The second kappa shape index (κ2) is 8.19. The molecule has 3 heterocycles. The highest BCUT2D eigenvalue weighted by Crippen LogP contribution is 2.43. The molecular formula is C26H29N5S. The summed E-state index contributed by atoms with van der Waals surface area (Å²) >= 11 is 1.88. The van der Waals surface area contributed by atoms with Crippen LogP contribution in [0.25, 0.3) is 31.9 Å². The summed E-state index contributed by atoms with van der Waals surface area (Å²) in [4.78, 5) is 16.6. The summed E-state index contributed by atoms with van der Waals surface area (Å²) in [5.41, 5.74) is 17.1. The molecule has 4 N–H and O–H groups in total. The molecule has 1 atom stereocenters. The molecule has 0 spiro atoms. The largest absolute Gasteiger partial charge is 0.354 e. The monoisotopic (exact) mass is 443 g/mol. The summed E-state index contributed by atoms with van der Waals surface area (Å²) in [6.07, 6.45) is 5.57. The molecule has 5 nitrogen and oxygen atoms in total. The van der Waals surface area contributed by atoms with E-state index >= 15 is 0 Å². The van der Waals surface area contributed by atoms with Gasteiger partial charge in [0.05, 0.1) is 15.9 Å². The summed E-state index contributed by atoms with van der Waals surface area (Å²) in [7, 11) is 1.72. The van der Waals surface area contributed by atoms with Crippen LogP contribution in [0.15, 0.2) is 46.5 Å². The van der Waals surface area contributed by atoms with Crippen LogP contribution in [-0.4, -0.2) is 29.4 Å². The molecule has 1 unspecified atom stereocenters. The minimum atomic E-state index is 0.266. The summed E-state index contributed by atoms with van der Waals surface area (Å²) in [5, 5.41) is 0. The lowest BCUT2D eigenvalue weighted by molar-refractivity contribution is 0.721. The van der Waals surface area contributed by atoms with Gasteiger partial charge in [-0.25, -0.2) is 4.99 Å². The normalized spacial score (nSPS) is 16.7. The molecule has 5 rings (SSSR count). The lowest BCUT2D eigenvalue weighted by Crippen LogP contribution is -2.18. The molecule has 32 heavy (non-hydrogen) atoms. The maximum atomic E-state index is 6.17. The van der Waals surface area contributed by atoms with Crippen molar-refractivity contribution in [1.82, 2.24) is 9.97 Å². The third-order valence-corrected chi connectivity index (χ3v) is 7.46. The van der Waals surface area contributed by atoms with E-state index in [-0.39, 0.29) is 6.04 Å². The molecule has 0 fully saturated rings. The topological polar surface area (TPSA) is 82.3 Å². The minimum absolute atomic E-state index is 0.266. The van der Waals surface area contributed by atoms with Crippen LogP contribution in [0.3, 0.4) is 0 Å². The predicted molar refractivity (Wildman–Crippen MR) is 136 cm³/mol. The third kappa shape index (κ3) is 3.63. The van der Waals surface area contributed by atoms with Gasteiger partial charge in [0, 0.05) is 29.7 Å². The van der Waals surface area contributed by atoms with Crippen LogP contribution >= 0.6 is 11.3 Å². The average Bonchev–Trinajstić information content (AvgIpc) is 3.42. The van der Waals surface area contributed by atoms with Crippen LogP contribution in [0, 0.1) is 6.92 Å². The van der Waals surface area contributed by atoms with Gasteiger partial charge < -0.3 is 15.7 Å². The summed E-state index contributed by atoms with van der Waals surface area (Å²) in [5.74, 6) is 0.403. The lowest BCUT2D eigenvalue weighted by atomic mass is 9.99. The van der Waals surface area contributed by atoms with E-state index in [4.69, 9.17) is 5.73 Å². The zero-order valence-electron chi connectivity index (χ0n) is 19.0. The number of nitrogens with two attached hydrogens (primary N) is 1. The molecule has 6 heteroatoms. The number of nitrogens with zero attached hydrogens (tertiary/aromatic N) is 2. The Hall–Kier alpha value is -2.96. The van der Waals surface area contributed by atoms with Crippen molar-refractivity contribution in [1.29, 1.82) is 0 Å². The van der Waals surface area contributed by atoms with Crippen molar-refractivity contribution in [2.75, 3.05) is 7.05 Å². The van der Waals surface area contributed by atoms with Crippen molar-refractivity contribution in [2.24, 2.45) is 15.7 Å². The fourth-order valence-corrected chi connectivity index (χ4v) is 6.04. The van der Waals surface area contributed by atoms with Crippen LogP contribution in [0.4, 0.5) is 0 Å². The zero-order chi connectivity index (χ0) is 22.4. The van der Waals surface area contributed by atoms with Gasteiger partial charge in [-0.3, -0.25) is 4.99 Å². The lowest BCUT2D eigenvalue weighted by Gasteiger charge is -2.09. The number of aromatic nitrogens is 2. The summed E-state index contributed by atoms with van der Waals surface area (Å²) in [6, 6.07) is 11.6. The summed E-state index contributed by atoms with van der Waals surface area (Å²) < 4.78 is 1.34. The average molecular weight is 444 g/mol. The predicted octanol–water partition coefficient (Wildman–Crippen LogP) is 5.31. The molecule has 164 valence electrons. The highest BCUT2D eigenvalue weighted by Gasteiger charge is 2.21. The van der Waals surface area contributed by atoms with Crippen LogP contribution in [0.5, 0.6) is 0 Å². The first kappa shape index (κ1) is 20.9. The number of H-pyrrole nitrogens is 2. The molecule has 0 saturated carbocycles. The number of fused-ring (bicyclic) bond motifs is 2. The van der Waals surface area contributed by atoms with E-state index in [2.05, 4.69) is 71.1 Å². The van der Waals surface area contributed by atoms with Gasteiger partial charge in [-0.05, 0) is 65.6 Å². The van der Waals surface area contributed by atoms with Crippen LogP contribution in [0.2, 0.25) is 0 Å². The maximum absolute atomic E-state index is 6.17. The molecule has 1 aliphatic rings. The Morgan fingerprint density at radius 3 is 2.69 bits per heavy atom. The number of hydrogen-bond donors (Lipinski definition) is 3. The standard InChI is InChI=1S/C26H29N5S/c1-14(2)23-24(19-7-15(3)26(29-12-19)30-13-28-4)31-21-11-22(32-25(21)23)17-6-5-16-9-20(27)10-18(16)8-17/h5-8,11-14,20,31H,9-10,27H2,1-4H3,(H,28,29,30). The fourth-order valence-electron chi connectivity index (χ4n) is 4.73. The number of benzene rings is 1. The van der Waals surface area contributed by atoms with Crippen molar-refractivity contribution < 1.29 is 0 Å². The molecule has 1 aromatic carbocycles. The molecular weight excluding hydrogens is 414 g/mol. The van der Waals surface area contributed by atoms with Gasteiger partial charge >= 0.3 is 0 Å². The van der Waals surface area contributed by atoms with Gasteiger partial charge in [-0.2, -0.15) is 0 Å². The van der Waals surface area contributed by atoms with Gasteiger partial charge in [0.25, 0.3) is 0 Å². The van der Waals surface area contributed by atoms with Gasteiger partial charge in [-0.15, -0.1) is 11.3 Å². The first-order valence-electron chi connectivity index (χ1n) is 11.1. The van der Waals surface area contributed by atoms with E-state index in [0.29, 0.717) is 5.92 Å². The van der Waals surface area contributed by atoms with E-state index in [1.54, 1.807) is 13.4 Å². The first-order valence-corrected chi connectivity index (χ1v) is 11.9. The van der Waals surface area contributed by atoms with E-state index in [0.717, 1.165) is 29.5 Å². The Kier molecular flexibility index (Phi) is 5.35. The Morgan fingerprint density at radius 2 is 1.94 bits per heavy atom. The van der Waals surface area contributed by atoms with Gasteiger partial charge in [-0.1, -0.05) is 32.0 Å². The molecule has 0 radical (unpaired) electrons. The molecule has 0 aliphatic heterocycles. The number of aryl methyl sites for hydroxylation is 1. The van der Waals surface area contributed by atoms with Crippen LogP contribution in [0.1, 0.15) is 42.0 Å². The summed E-state index contributed by atoms with van der Waals surface area (Å²) in [6.45, 7) is 6.60. The number of rotatable bonds is 4. The van der Waals surface area contributed by atoms with Crippen molar-refractivity contribution in [3.05, 3.63) is 64.3 Å². The second-order valence-corrected chi connectivity index (χ2v) is 10.0. The Morgan fingerprint density at radius 1 is 1.12 bits per heavy atom. The highest BCUT2D eigenvalue weighted by atomic mass is 32.1. The first-order chi connectivity index (χ1) is 15.4. The number of nitrogens with one attached hydrogen (secondary N) is 2. The molecule has 0 bridgehead atoms. The molecule has 3 aromatic heterocycles. The van der Waals surface area contributed by atoms with Crippen molar-refractivity contribution >= 4 is 27.9 Å². The quantitative estimate of drug-likeness (QED) is 0.290. The van der Waals surface area contributed by atoms with E-state index in [9.17, 15) is 0 Å². The van der Waals surface area contributed by atoms with Crippen LogP contribution in [-0.2, 0) is 12.8 Å². The molecule has 4 aromatic rings. The number of hydrogen-bond acceptors (Lipinski definition) is 3. The smallest absolute Gasteiger partial charge is 0.134 e. The van der Waals surface area contributed by atoms with Gasteiger partial charge in [0.2, 0.25) is 0 Å². The zero-order valence-corrected chi connectivity index (χ0v) is 19.8. The SMILES string of the molecule is C/N=C\N=c1/[nH]cc(-c2[nH]c3cc(-c4ccc5c(c4)CC(N)C5)sc3c2C(C)C)cc1C. The van der Waals surface area contributed by atoms with E-state index < -0.39 is 0 Å². The van der Waals surface area contributed by atoms with E-state index in [1.807, 2.05) is 17.5 Å². The van der Waals surface area contributed by atoms with Gasteiger partial charge in [0.1, 0.15) is 11.8 Å². The van der Waals surface area contributed by atoms with Crippen LogP contribution < -0.4 is 11.2 Å². The highest BCUT2D eigenvalue weighted by molar-refractivity contribution is 7.22. The van der Waals surface area contributed by atoms with Crippen molar-refractivity contribution in [3.63, 3.8) is 0 Å². The number of thiophene rings is 1. The fraction of sp³-hybridized carbons (Fsp3) is 0.308. The van der Waals surface area contributed by atoms with Crippen molar-refractivity contribution in [3.8, 4) is 21.7 Å². The molecule has 1 aliphatic carbocycles.